The predicted molar refractivity (Wildman–Crippen MR) is 89.9 cm³/mol. The zero-order chi connectivity index (χ0) is 15.8. The van der Waals surface area contributed by atoms with Crippen molar-refractivity contribution in [2.24, 2.45) is 0 Å². The molecule has 22 heavy (non-hydrogen) atoms. The van der Waals surface area contributed by atoms with E-state index in [9.17, 15) is 4.79 Å². The number of aryl methyl sites for hydroxylation is 2. The van der Waals surface area contributed by atoms with Gasteiger partial charge in [-0.3, -0.25) is 5.32 Å². The summed E-state index contributed by atoms with van der Waals surface area (Å²) in [5, 5.41) is 5.94. The molecular formula is C15H24IN3O2S. The highest BCUT2D eigenvalue weighted by Gasteiger charge is 2.21. The average Bonchev–Trinajstić information content (AvgIpc) is 2.44. The maximum atomic E-state index is 12.1. The van der Waals surface area contributed by atoms with Crippen molar-refractivity contribution >= 4 is 29.8 Å². The smallest absolute Gasteiger partial charge is 0.532 e. The number of imide groups is 1. The molecule has 124 valence electrons. The fourth-order valence-electron chi connectivity index (χ4n) is 1.97. The Labute approximate surface area is 154 Å². The van der Waals surface area contributed by atoms with Crippen LogP contribution in [-0.2, 0) is 0 Å². The molecular weight excluding hydrogens is 413 g/mol. The van der Waals surface area contributed by atoms with Crippen molar-refractivity contribution in [3.05, 3.63) is 29.3 Å². The van der Waals surface area contributed by atoms with E-state index in [-0.39, 0.29) is 30.0 Å². The SMILES string of the molecule is CCN(CC)C(=O)NC(Nc1c(C)cccc1C)=[O+]SC.[I-]. The Morgan fingerprint density at radius 3 is 2.23 bits per heavy atom. The molecule has 0 aromatic heterocycles. The minimum absolute atomic E-state index is 0. The molecule has 0 aliphatic rings. The van der Waals surface area contributed by atoms with Crippen molar-refractivity contribution in [3.8, 4) is 0 Å². The quantitative estimate of drug-likeness (QED) is 0.414. The van der Waals surface area contributed by atoms with Gasteiger partial charge in [-0.25, -0.2) is 10.1 Å². The van der Waals surface area contributed by atoms with Crippen LogP contribution in [0.5, 0.6) is 0 Å². The number of anilines is 1. The molecule has 0 aliphatic heterocycles. The Morgan fingerprint density at radius 1 is 1.23 bits per heavy atom. The van der Waals surface area contributed by atoms with Gasteiger partial charge in [0.1, 0.15) is 0 Å². The van der Waals surface area contributed by atoms with Gasteiger partial charge in [0.05, 0.1) is 11.9 Å². The molecule has 0 heterocycles. The summed E-state index contributed by atoms with van der Waals surface area (Å²) >= 11 is 1.18. The Bertz CT molecular complexity index is 499. The summed E-state index contributed by atoms with van der Waals surface area (Å²) in [6, 6.07) is 6.18. The summed E-state index contributed by atoms with van der Waals surface area (Å²) in [5.41, 5.74) is 3.13. The number of benzene rings is 1. The van der Waals surface area contributed by atoms with E-state index < -0.39 is 0 Å². The van der Waals surface area contributed by atoms with Crippen molar-refractivity contribution in [3.63, 3.8) is 0 Å². The number of halogens is 1. The number of carbonyl (C=O) groups excluding carboxylic acids is 2. The summed E-state index contributed by atoms with van der Waals surface area (Å²) in [7, 11) is 0. The van der Waals surface area contributed by atoms with Gasteiger partial charge in [-0.05, 0) is 38.8 Å². The Morgan fingerprint density at radius 2 is 1.77 bits per heavy atom. The van der Waals surface area contributed by atoms with E-state index in [1.165, 1.54) is 12.0 Å². The third kappa shape index (κ3) is 6.04. The topological polar surface area (TPSA) is 55.7 Å². The fraction of sp³-hybridized carbons (Fsp3) is 0.467. The van der Waals surface area contributed by atoms with E-state index in [0.717, 1.165) is 16.8 Å². The summed E-state index contributed by atoms with van der Waals surface area (Å²) in [5.74, 6) is 0. The number of para-hydroxylation sites is 1. The van der Waals surface area contributed by atoms with Crippen LogP contribution in [0.2, 0.25) is 0 Å². The van der Waals surface area contributed by atoms with E-state index in [4.69, 9.17) is 3.87 Å². The first kappa shape index (κ1) is 21.0. The van der Waals surface area contributed by atoms with Gasteiger partial charge in [-0.15, -0.1) is 3.87 Å². The van der Waals surface area contributed by atoms with Gasteiger partial charge in [0, 0.05) is 13.1 Å². The van der Waals surface area contributed by atoms with E-state index >= 15 is 0 Å². The molecule has 4 amide bonds. The lowest BCUT2D eigenvalue weighted by Crippen LogP contribution is -3.00. The van der Waals surface area contributed by atoms with Crippen molar-refractivity contribution in [1.29, 1.82) is 0 Å². The largest absolute Gasteiger partial charge is 1.00 e. The number of amides is 4. The van der Waals surface area contributed by atoms with Crippen LogP contribution in [0.4, 0.5) is 14.4 Å². The van der Waals surface area contributed by atoms with Crippen LogP contribution in [0.3, 0.4) is 0 Å². The molecule has 0 saturated carbocycles. The summed E-state index contributed by atoms with van der Waals surface area (Å²) in [6.45, 7) is 9.21. The van der Waals surface area contributed by atoms with Crippen molar-refractivity contribution in [2.75, 3.05) is 24.7 Å². The van der Waals surface area contributed by atoms with E-state index in [1.807, 2.05) is 45.9 Å². The molecule has 0 saturated heterocycles. The fourth-order valence-corrected chi connectivity index (χ4v) is 2.22. The molecule has 0 atom stereocenters. The summed E-state index contributed by atoms with van der Waals surface area (Å²) in [6.07, 6.45) is 1.80. The molecule has 0 aliphatic carbocycles. The molecule has 0 fully saturated rings. The predicted octanol–water partition coefficient (Wildman–Crippen LogP) is 0.704. The molecule has 0 radical (unpaired) electrons. The number of hydrogen-bond acceptors (Lipinski definition) is 2. The molecule has 1 rings (SSSR count). The van der Waals surface area contributed by atoms with Crippen molar-refractivity contribution < 1.29 is 32.6 Å². The standard InChI is InChI=1S/C15H23N3O2S.HI/c1-6-18(7-2)15(19)17-14(20-21-5)16-13-11(3)9-8-10-12(13)4;/h8-10,16H,6-7H2,1-5H3;1H. The van der Waals surface area contributed by atoms with Crippen LogP contribution in [0, 0.1) is 13.8 Å². The van der Waals surface area contributed by atoms with Gasteiger partial charge in [-0.2, -0.15) is 0 Å². The molecule has 0 unspecified atom stereocenters. The lowest BCUT2D eigenvalue weighted by atomic mass is 10.1. The minimum Gasteiger partial charge on any atom is -1.00 e. The molecule has 0 bridgehead atoms. The molecule has 5 nitrogen and oxygen atoms in total. The molecule has 7 heteroatoms. The second-order valence-electron chi connectivity index (χ2n) is 4.57. The van der Waals surface area contributed by atoms with Crippen LogP contribution >= 0.6 is 12.0 Å². The summed E-state index contributed by atoms with van der Waals surface area (Å²) < 4.78 is 5.43. The third-order valence-corrected chi connectivity index (χ3v) is 3.49. The number of carbonyl (C=O) groups is 1. The van der Waals surface area contributed by atoms with Crippen LogP contribution < -0.4 is 34.6 Å². The third-order valence-electron chi connectivity index (χ3n) is 3.16. The molecule has 1 aromatic carbocycles. The van der Waals surface area contributed by atoms with Crippen molar-refractivity contribution in [2.45, 2.75) is 27.7 Å². The van der Waals surface area contributed by atoms with Crippen LogP contribution in [0.25, 0.3) is 0 Å². The Kier molecular flexibility index (Phi) is 10.2. The van der Waals surface area contributed by atoms with Gasteiger partial charge in [0.15, 0.2) is 0 Å². The number of nitrogens with zero attached hydrogens (tertiary/aromatic N) is 1. The number of hydrogen-bond donors (Lipinski definition) is 2. The van der Waals surface area contributed by atoms with Crippen molar-refractivity contribution in [1.82, 2.24) is 10.2 Å². The average molecular weight is 437 g/mol. The van der Waals surface area contributed by atoms with Gasteiger partial charge >= 0.3 is 24.1 Å². The van der Waals surface area contributed by atoms with E-state index in [2.05, 4.69) is 10.6 Å². The van der Waals surface area contributed by atoms with Gasteiger partial charge in [-0.1, -0.05) is 18.2 Å². The highest BCUT2D eigenvalue weighted by molar-refractivity contribution is 7.92. The summed E-state index contributed by atoms with van der Waals surface area (Å²) in [4.78, 5) is 13.8. The van der Waals surface area contributed by atoms with E-state index in [1.54, 1.807) is 11.2 Å². The molecule has 1 aromatic rings. The first-order valence-electron chi connectivity index (χ1n) is 7.00. The monoisotopic (exact) mass is 437 g/mol. The van der Waals surface area contributed by atoms with Crippen LogP contribution in [0.1, 0.15) is 25.0 Å². The number of rotatable bonds is 4. The lowest BCUT2D eigenvalue weighted by molar-refractivity contribution is -0.0000148. The van der Waals surface area contributed by atoms with E-state index in [0.29, 0.717) is 19.1 Å². The Hall–Kier alpha value is -0.960. The van der Waals surface area contributed by atoms with Crippen LogP contribution in [0.15, 0.2) is 18.2 Å². The lowest BCUT2D eigenvalue weighted by Gasteiger charge is -2.17. The van der Waals surface area contributed by atoms with Gasteiger partial charge in [0.25, 0.3) is 0 Å². The zero-order valence-corrected chi connectivity index (χ0v) is 16.7. The second-order valence-corrected chi connectivity index (χ2v) is 5.07. The highest BCUT2D eigenvalue weighted by atomic mass is 127. The second kappa shape index (κ2) is 10.7. The maximum absolute atomic E-state index is 12.1. The maximum Gasteiger partial charge on any atom is 0.532 e. The van der Waals surface area contributed by atoms with Gasteiger partial charge in [0.2, 0.25) is 0 Å². The normalized spacial score (nSPS) is 10.7. The van der Waals surface area contributed by atoms with Gasteiger partial charge < -0.3 is 28.9 Å². The first-order chi connectivity index (χ1) is 10.0. The first-order valence-corrected chi connectivity index (χ1v) is 8.15. The zero-order valence-electron chi connectivity index (χ0n) is 13.7. The number of nitrogens with one attached hydrogen (secondary N) is 2. The van der Waals surface area contributed by atoms with Crippen LogP contribution in [-0.4, -0.2) is 36.3 Å². The minimum atomic E-state index is -0.178. The highest BCUT2D eigenvalue weighted by Crippen LogP contribution is 2.20. The Balaban J connectivity index is 0.00000441. The molecule has 2 N–H and O–H groups in total. The number of urea groups is 2. The molecule has 0 spiro atoms.